The van der Waals surface area contributed by atoms with Crippen LogP contribution in [0.15, 0.2) is 48.5 Å². The number of methoxy groups -OCH3 is 1. The normalized spacial score (nSPS) is 10.3. The highest BCUT2D eigenvalue weighted by molar-refractivity contribution is 5.94. The van der Waals surface area contributed by atoms with Crippen LogP contribution < -0.4 is 4.74 Å². The van der Waals surface area contributed by atoms with Crippen molar-refractivity contribution in [2.45, 2.75) is 19.9 Å². The van der Waals surface area contributed by atoms with Crippen LogP contribution in [-0.2, 0) is 16.1 Å². The quantitative estimate of drug-likeness (QED) is 0.678. The Hall–Kier alpha value is -2.89. The number of hydrogen-bond acceptors (Lipinski definition) is 4. The Labute approximate surface area is 152 Å². The maximum atomic E-state index is 14.0. The summed E-state index contributed by atoms with van der Waals surface area (Å²) in [6.45, 7) is 2.38. The third-order valence-corrected chi connectivity index (χ3v) is 3.82. The number of ether oxygens (including phenoxy) is 2. The van der Waals surface area contributed by atoms with Crippen LogP contribution in [-0.4, -0.2) is 37.0 Å². The number of nitrogens with zero attached hydrogens (tertiary/aromatic N) is 1. The van der Waals surface area contributed by atoms with E-state index >= 15 is 0 Å². The zero-order valence-corrected chi connectivity index (χ0v) is 14.9. The maximum absolute atomic E-state index is 14.0. The second kappa shape index (κ2) is 9.56. The molecule has 0 bridgehead atoms. The van der Waals surface area contributed by atoms with Gasteiger partial charge in [-0.05, 0) is 36.8 Å². The van der Waals surface area contributed by atoms with E-state index in [2.05, 4.69) is 0 Å². The molecule has 0 heterocycles. The van der Waals surface area contributed by atoms with E-state index < -0.39 is 17.7 Å². The van der Waals surface area contributed by atoms with Gasteiger partial charge < -0.3 is 14.4 Å². The SMILES string of the molecule is CCOC(=O)CCN(Cc1ccc(OC)cc1)C(=O)c1ccccc1F. The van der Waals surface area contributed by atoms with Crippen LogP contribution in [0, 0.1) is 5.82 Å². The molecule has 26 heavy (non-hydrogen) atoms. The van der Waals surface area contributed by atoms with Crippen molar-refractivity contribution in [3.63, 3.8) is 0 Å². The van der Waals surface area contributed by atoms with Gasteiger partial charge >= 0.3 is 5.97 Å². The van der Waals surface area contributed by atoms with Gasteiger partial charge in [-0.15, -0.1) is 0 Å². The summed E-state index contributed by atoms with van der Waals surface area (Å²) in [6, 6.07) is 13.0. The molecule has 0 unspecified atom stereocenters. The molecule has 0 fully saturated rings. The van der Waals surface area contributed by atoms with Crippen molar-refractivity contribution in [1.29, 1.82) is 0 Å². The Morgan fingerprint density at radius 1 is 1.08 bits per heavy atom. The molecule has 0 aliphatic carbocycles. The first-order valence-electron chi connectivity index (χ1n) is 8.37. The average Bonchev–Trinajstić information content (AvgIpc) is 2.65. The van der Waals surface area contributed by atoms with Gasteiger partial charge in [-0.3, -0.25) is 9.59 Å². The minimum Gasteiger partial charge on any atom is -0.497 e. The molecular formula is C20H22FNO4. The summed E-state index contributed by atoms with van der Waals surface area (Å²) in [5.74, 6) is -0.752. The fourth-order valence-electron chi connectivity index (χ4n) is 2.47. The largest absolute Gasteiger partial charge is 0.497 e. The van der Waals surface area contributed by atoms with Gasteiger partial charge in [-0.25, -0.2) is 4.39 Å². The number of amides is 1. The van der Waals surface area contributed by atoms with E-state index in [1.165, 1.54) is 23.1 Å². The molecule has 0 atom stereocenters. The molecule has 2 aromatic carbocycles. The molecular weight excluding hydrogens is 337 g/mol. The summed E-state index contributed by atoms with van der Waals surface area (Å²) in [4.78, 5) is 25.9. The first-order chi connectivity index (χ1) is 12.5. The van der Waals surface area contributed by atoms with Crippen LogP contribution in [0.2, 0.25) is 0 Å². The van der Waals surface area contributed by atoms with E-state index in [4.69, 9.17) is 9.47 Å². The fourth-order valence-corrected chi connectivity index (χ4v) is 2.47. The van der Waals surface area contributed by atoms with Crippen molar-refractivity contribution < 1.29 is 23.5 Å². The Morgan fingerprint density at radius 2 is 1.77 bits per heavy atom. The summed E-state index contributed by atoms with van der Waals surface area (Å²) in [5, 5.41) is 0. The van der Waals surface area contributed by atoms with Gasteiger partial charge in [0.2, 0.25) is 0 Å². The van der Waals surface area contributed by atoms with Gasteiger partial charge in [0.25, 0.3) is 5.91 Å². The molecule has 0 aliphatic heterocycles. The topological polar surface area (TPSA) is 55.8 Å². The molecule has 0 aromatic heterocycles. The Morgan fingerprint density at radius 3 is 2.38 bits per heavy atom. The van der Waals surface area contributed by atoms with Crippen LogP contribution in [0.4, 0.5) is 4.39 Å². The third kappa shape index (κ3) is 5.31. The molecule has 1 amide bonds. The van der Waals surface area contributed by atoms with E-state index in [9.17, 15) is 14.0 Å². The lowest BCUT2D eigenvalue weighted by atomic mass is 10.1. The van der Waals surface area contributed by atoms with Crippen molar-refractivity contribution >= 4 is 11.9 Å². The number of carbonyl (C=O) groups is 2. The van der Waals surface area contributed by atoms with Crippen LogP contribution in [0.25, 0.3) is 0 Å². The molecule has 6 heteroatoms. The molecule has 2 aromatic rings. The highest BCUT2D eigenvalue weighted by Gasteiger charge is 2.20. The van der Waals surface area contributed by atoms with Gasteiger partial charge in [0.05, 0.1) is 25.7 Å². The second-order valence-corrected chi connectivity index (χ2v) is 5.61. The third-order valence-electron chi connectivity index (χ3n) is 3.82. The lowest BCUT2D eigenvalue weighted by molar-refractivity contribution is -0.143. The van der Waals surface area contributed by atoms with Crippen LogP contribution in [0.1, 0.15) is 29.3 Å². The van der Waals surface area contributed by atoms with Gasteiger partial charge in [-0.1, -0.05) is 24.3 Å². The lowest BCUT2D eigenvalue weighted by Gasteiger charge is -2.23. The number of carbonyl (C=O) groups excluding carboxylic acids is 2. The van der Waals surface area contributed by atoms with Crippen LogP contribution in [0.3, 0.4) is 0 Å². The lowest BCUT2D eigenvalue weighted by Crippen LogP contribution is -2.33. The van der Waals surface area contributed by atoms with Crippen molar-refractivity contribution in [2.24, 2.45) is 0 Å². The van der Waals surface area contributed by atoms with Crippen molar-refractivity contribution in [3.8, 4) is 5.75 Å². The van der Waals surface area contributed by atoms with Crippen molar-refractivity contribution in [3.05, 3.63) is 65.5 Å². The standard InChI is InChI=1S/C20H22FNO4/c1-3-26-19(23)12-13-22(14-15-8-10-16(25-2)11-9-15)20(24)17-6-4-5-7-18(17)21/h4-11H,3,12-14H2,1-2H3. The number of hydrogen-bond donors (Lipinski definition) is 0. The summed E-state index contributed by atoms with van der Waals surface area (Å²) < 4.78 is 24.0. The summed E-state index contributed by atoms with van der Waals surface area (Å²) in [6.07, 6.45) is 0.0458. The van der Waals surface area contributed by atoms with E-state index in [-0.39, 0.29) is 31.7 Å². The van der Waals surface area contributed by atoms with Gasteiger partial charge in [0.1, 0.15) is 11.6 Å². The smallest absolute Gasteiger partial charge is 0.307 e. The highest BCUT2D eigenvalue weighted by atomic mass is 19.1. The van der Waals surface area contributed by atoms with Crippen LogP contribution >= 0.6 is 0 Å². The van der Waals surface area contributed by atoms with E-state index in [0.717, 1.165) is 5.56 Å². The number of benzene rings is 2. The predicted molar refractivity (Wildman–Crippen MR) is 95.4 cm³/mol. The molecule has 5 nitrogen and oxygen atoms in total. The van der Waals surface area contributed by atoms with Gasteiger partial charge in [0.15, 0.2) is 0 Å². The molecule has 0 spiro atoms. The molecule has 0 aliphatic rings. The van der Waals surface area contributed by atoms with Gasteiger partial charge in [0, 0.05) is 13.1 Å². The molecule has 138 valence electrons. The maximum Gasteiger partial charge on any atom is 0.307 e. The van der Waals surface area contributed by atoms with E-state index in [1.54, 1.807) is 32.2 Å². The zero-order valence-electron chi connectivity index (χ0n) is 14.9. The number of rotatable bonds is 8. The average molecular weight is 359 g/mol. The Kier molecular flexibility index (Phi) is 7.14. The molecule has 0 saturated carbocycles. The molecule has 0 saturated heterocycles. The second-order valence-electron chi connectivity index (χ2n) is 5.61. The first-order valence-corrected chi connectivity index (χ1v) is 8.37. The number of halogens is 1. The predicted octanol–water partition coefficient (Wildman–Crippen LogP) is 3.43. The Bertz CT molecular complexity index is 746. The highest BCUT2D eigenvalue weighted by Crippen LogP contribution is 2.16. The first kappa shape index (κ1) is 19.4. The molecule has 0 radical (unpaired) electrons. The van der Waals surface area contributed by atoms with Crippen molar-refractivity contribution in [2.75, 3.05) is 20.3 Å². The monoisotopic (exact) mass is 359 g/mol. The molecule has 2 rings (SSSR count). The van der Waals surface area contributed by atoms with E-state index in [1.807, 2.05) is 12.1 Å². The fraction of sp³-hybridized carbons (Fsp3) is 0.300. The summed E-state index contributed by atoms with van der Waals surface area (Å²) in [5.41, 5.74) is 0.823. The van der Waals surface area contributed by atoms with Crippen LogP contribution in [0.5, 0.6) is 5.75 Å². The number of esters is 1. The summed E-state index contributed by atoms with van der Waals surface area (Å²) >= 11 is 0. The van der Waals surface area contributed by atoms with E-state index in [0.29, 0.717) is 5.75 Å². The molecule has 0 N–H and O–H groups in total. The Balaban J connectivity index is 2.18. The minimum atomic E-state index is -0.589. The summed E-state index contributed by atoms with van der Waals surface area (Å²) in [7, 11) is 1.57. The van der Waals surface area contributed by atoms with Crippen molar-refractivity contribution in [1.82, 2.24) is 4.90 Å². The van der Waals surface area contributed by atoms with Gasteiger partial charge in [-0.2, -0.15) is 0 Å². The minimum absolute atomic E-state index is 0.0233. The zero-order chi connectivity index (χ0) is 18.9.